The average Bonchev–Trinajstić information content (AvgIpc) is 2.68. The Balaban J connectivity index is 2.06. The normalized spacial score (nSPS) is 18.6. The van der Waals surface area contributed by atoms with Gasteiger partial charge in [0.2, 0.25) is 15.9 Å². The maximum atomic E-state index is 13.6. The fraction of sp³-hybridized carbons (Fsp3) is 0.350. The first-order valence-electron chi connectivity index (χ1n) is 9.04. The van der Waals surface area contributed by atoms with E-state index in [2.05, 4.69) is 10.2 Å². The predicted octanol–water partition coefficient (Wildman–Crippen LogP) is 2.33. The fourth-order valence-electron chi connectivity index (χ4n) is 3.42. The number of methoxy groups -OCH3 is 1. The molecule has 0 aromatic heterocycles. The first kappa shape index (κ1) is 20.3. The zero-order chi connectivity index (χ0) is 20.3. The van der Waals surface area contributed by atoms with E-state index < -0.39 is 10.0 Å². The third-order valence-electron chi connectivity index (χ3n) is 4.79. The quantitative estimate of drug-likeness (QED) is 0.829. The van der Waals surface area contributed by atoms with Gasteiger partial charge in [0.05, 0.1) is 13.2 Å². The number of sulfonamides is 1. The van der Waals surface area contributed by atoms with E-state index in [9.17, 15) is 13.2 Å². The summed E-state index contributed by atoms with van der Waals surface area (Å²) in [6, 6.07) is 13.9. The zero-order valence-corrected chi connectivity index (χ0v) is 17.1. The molecule has 1 fully saturated rings. The van der Waals surface area contributed by atoms with Crippen LogP contribution < -0.4 is 10.1 Å². The Morgan fingerprint density at radius 2 is 1.86 bits per heavy atom. The van der Waals surface area contributed by atoms with E-state index in [1.807, 2.05) is 37.4 Å². The number of amides is 1. The molecule has 2 aromatic carbocycles. The minimum atomic E-state index is -3.85. The monoisotopic (exact) mass is 403 g/mol. The third-order valence-corrected chi connectivity index (χ3v) is 6.72. The van der Waals surface area contributed by atoms with Gasteiger partial charge in [0.25, 0.3) is 0 Å². The number of benzene rings is 2. The molecule has 0 saturated carbocycles. The molecule has 3 rings (SSSR count). The van der Waals surface area contributed by atoms with Crippen molar-refractivity contribution >= 4 is 21.6 Å². The van der Waals surface area contributed by atoms with Gasteiger partial charge in [-0.05, 0) is 30.8 Å². The summed E-state index contributed by atoms with van der Waals surface area (Å²) in [5, 5.41) is 2.64. The summed E-state index contributed by atoms with van der Waals surface area (Å²) in [5.74, 6) is -0.0184. The largest absolute Gasteiger partial charge is 0.495 e. The van der Waals surface area contributed by atoms with Crippen LogP contribution >= 0.6 is 0 Å². The van der Waals surface area contributed by atoms with Crippen LogP contribution in [0.5, 0.6) is 5.75 Å². The van der Waals surface area contributed by atoms with Crippen LogP contribution in [-0.2, 0) is 14.8 Å². The van der Waals surface area contributed by atoms with E-state index in [-0.39, 0.29) is 22.6 Å². The molecule has 0 bridgehead atoms. The number of carbonyl (C=O) groups is 1. The number of carbonyl (C=O) groups excluding carboxylic acids is 1. The predicted molar refractivity (Wildman–Crippen MR) is 108 cm³/mol. The Labute approximate surface area is 166 Å². The van der Waals surface area contributed by atoms with Crippen LogP contribution in [0.3, 0.4) is 0 Å². The van der Waals surface area contributed by atoms with Gasteiger partial charge in [-0.1, -0.05) is 30.3 Å². The van der Waals surface area contributed by atoms with Gasteiger partial charge in [0.1, 0.15) is 10.6 Å². The first-order valence-corrected chi connectivity index (χ1v) is 10.5. The lowest BCUT2D eigenvalue weighted by Gasteiger charge is -2.39. The van der Waals surface area contributed by atoms with Crippen molar-refractivity contribution in [1.29, 1.82) is 0 Å². The van der Waals surface area contributed by atoms with Crippen molar-refractivity contribution in [2.75, 3.05) is 39.1 Å². The van der Waals surface area contributed by atoms with Crippen molar-refractivity contribution < 1.29 is 17.9 Å². The molecule has 0 aliphatic carbocycles. The maximum absolute atomic E-state index is 13.6. The molecule has 150 valence electrons. The van der Waals surface area contributed by atoms with Crippen LogP contribution in [0.4, 0.5) is 5.69 Å². The van der Waals surface area contributed by atoms with Crippen LogP contribution in [0.25, 0.3) is 0 Å². The second kappa shape index (κ2) is 8.30. The molecule has 28 heavy (non-hydrogen) atoms. The summed E-state index contributed by atoms with van der Waals surface area (Å²) in [7, 11) is -0.434. The summed E-state index contributed by atoms with van der Waals surface area (Å²) >= 11 is 0. The van der Waals surface area contributed by atoms with Crippen LogP contribution in [0.1, 0.15) is 18.5 Å². The van der Waals surface area contributed by atoms with E-state index in [1.54, 1.807) is 12.1 Å². The van der Waals surface area contributed by atoms with Gasteiger partial charge in [-0.15, -0.1) is 0 Å². The molecule has 0 radical (unpaired) electrons. The Bertz CT molecular complexity index is 947. The SMILES string of the molecule is COc1ccc(NC(C)=O)cc1S(=O)(=O)N1CCN(C)C[C@@H]1c1ccccc1. The third kappa shape index (κ3) is 4.19. The van der Waals surface area contributed by atoms with Gasteiger partial charge in [0.15, 0.2) is 0 Å². The van der Waals surface area contributed by atoms with Crippen molar-refractivity contribution in [2.45, 2.75) is 17.9 Å². The number of nitrogens with one attached hydrogen (secondary N) is 1. The standard InChI is InChI=1S/C20H25N3O4S/c1-15(24)21-17-9-10-19(27-3)20(13-17)28(25,26)23-12-11-22(2)14-18(23)16-7-5-4-6-8-16/h4-10,13,18H,11-12,14H2,1-3H3,(H,21,24)/t18-/m1/s1. The lowest BCUT2D eigenvalue weighted by molar-refractivity contribution is -0.114. The van der Waals surface area contributed by atoms with Gasteiger partial charge in [-0.25, -0.2) is 8.42 Å². The number of anilines is 1. The molecular weight excluding hydrogens is 378 g/mol. The Morgan fingerprint density at radius 1 is 1.14 bits per heavy atom. The van der Waals surface area contributed by atoms with E-state index in [4.69, 9.17) is 4.74 Å². The lowest BCUT2D eigenvalue weighted by atomic mass is 10.1. The Hall–Kier alpha value is -2.42. The minimum absolute atomic E-state index is 0.0479. The van der Waals surface area contributed by atoms with Crippen LogP contribution in [0, 0.1) is 0 Å². The highest BCUT2D eigenvalue weighted by molar-refractivity contribution is 7.89. The number of rotatable bonds is 5. The first-order chi connectivity index (χ1) is 13.3. The topological polar surface area (TPSA) is 78.9 Å². The molecule has 0 spiro atoms. The lowest BCUT2D eigenvalue weighted by Crippen LogP contribution is -2.49. The van der Waals surface area contributed by atoms with E-state index in [1.165, 1.54) is 24.4 Å². The molecule has 2 aromatic rings. The molecular formula is C20H25N3O4S. The van der Waals surface area contributed by atoms with Crippen molar-refractivity contribution in [3.63, 3.8) is 0 Å². The summed E-state index contributed by atoms with van der Waals surface area (Å²) < 4.78 is 34.1. The highest BCUT2D eigenvalue weighted by atomic mass is 32.2. The summed E-state index contributed by atoms with van der Waals surface area (Å²) in [6.07, 6.45) is 0. The highest BCUT2D eigenvalue weighted by Gasteiger charge is 2.37. The van der Waals surface area contributed by atoms with Crippen LogP contribution in [0.2, 0.25) is 0 Å². The molecule has 8 heteroatoms. The number of likely N-dealkylation sites (N-methyl/N-ethyl adjacent to an activating group) is 1. The number of ether oxygens (including phenoxy) is 1. The molecule has 1 aliphatic rings. The summed E-state index contributed by atoms with van der Waals surface area (Å²) in [5.41, 5.74) is 1.35. The molecule has 1 N–H and O–H groups in total. The number of hydrogen-bond donors (Lipinski definition) is 1. The van der Waals surface area contributed by atoms with E-state index in [0.717, 1.165) is 5.56 Å². The smallest absolute Gasteiger partial charge is 0.247 e. The van der Waals surface area contributed by atoms with Crippen molar-refractivity contribution in [3.8, 4) is 5.75 Å². The zero-order valence-electron chi connectivity index (χ0n) is 16.3. The van der Waals surface area contributed by atoms with Crippen LogP contribution in [0.15, 0.2) is 53.4 Å². The van der Waals surface area contributed by atoms with Crippen molar-refractivity contribution in [3.05, 3.63) is 54.1 Å². The van der Waals surface area contributed by atoms with E-state index in [0.29, 0.717) is 25.3 Å². The van der Waals surface area contributed by atoms with Crippen molar-refractivity contribution in [1.82, 2.24) is 9.21 Å². The average molecular weight is 404 g/mol. The minimum Gasteiger partial charge on any atom is -0.495 e. The van der Waals surface area contributed by atoms with Gasteiger partial charge in [0, 0.05) is 32.2 Å². The van der Waals surface area contributed by atoms with Gasteiger partial charge >= 0.3 is 0 Å². The molecule has 1 aliphatic heterocycles. The number of nitrogens with zero attached hydrogens (tertiary/aromatic N) is 2. The van der Waals surface area contributed by atoms with E-state index >= 15 is 0 Å². The molecule has 1 amide bonds. The summed E-state index contributed by atoms with van der Waals surface area (Å²) in [6.45, 7) is 2.98. The summed E-state index contributed by atoms with van der Waals surface area (Å²) in [4.78, 5) is 13.6. The molecule has 7 nitrogen and oxygen atoms in total. The van der Waals surface area contributed by atoms with Gasteiger partial charge in [-0.3, -0.25) is 4.79 Å². The molecule has 0 unspecified atom stereocenters. The second-order valence-corrected chi connectivity index (χ2v) is 8.71. The number of piperazine rings is 1. The maximum Gasteiger partial charge on any atom is 0.247 e. The Morgan fingerprint density at radius 3 is 2.50 bits per heavy atom. The fourth-order valence-corrected chi connectivity index (χ4v) is 5.20. The molecule has 1 atom stereocenters. The Kier molecular flexibility index (Phi) is 6.02. The number of hydrogen-bond acceptors (Lipinski definition) is 5. The van der Waals surface area contributed by atoms with Gasteiger partial charge < -0.3 is 15.0 Å². The van der Waals surface area contributed by atoms with Crippen molar-refractivity contribution in [2.24, 2.45) is 0 Å². The molecule has 1 heterocycles. The van der Waals surface area contributed by atoms with Gasteiger partial charge in [-0.2, -0.15) is 4.31 Å². The van der Waals surface area contributed by atoms with Crippen LogP contribution in [-0.4, -0.2) is 57.3 Å². The highest BCUT2D eigenvalue weighted by Crippen LogP contribution is 2.35. The molecule has 1 saturated heterocycles. The second-order valence-electron chi connectivity index (χ2n) is 6.85.